The standard InChI is InChI=1S/C18H19ClN2O2S/c1-3-4-8-15-20-17(19)16(18(22)23)21(15)10-12-6-5-7-14-13(12)9-11(2)24-14/h5-7,9H,3-4,8,10H2,1-2H3,(H,22,23). The molecule has 0 unspecified atom stereocenters. The number of unbranched alkanes of at least 4 members (excludes halogenated alkanes) is 1. The summed E-state index contributed by atoms with van der Waals surface area (Å²) in [4.78, 5) is 17.2. The summed E-state index contributed by atoms with van der Waals surface area (Å²) in [6.07, 6.45) is 2.70. The normalized spacial score (nSPS) is 11.3. The van der Waals surface area contributed by atoms with Gasteiger partial charge in [0.15, 0.2) is 10.8 Å². The van der Waals surface area contributed by atoms with E-state index in [1.165, 1.54) is 15.0 Å². The summed E-state index contributed by atoms with van der Waals surface area (Å²) in [5, 5.41) is 10.8. The van der Waals surface area contributed by atoms with Gasteiger partial charge in [-0.2, -0.15) is 0 Å². The van der Waals surface area contributed by atoms with Crippen LogP contribution in [-0.2, 0) is 13.0 Å². The molecule has 0 atom stereocenters. The number of hydrogen-bond donors (Lipinski definition) is 1. The van der Waals surface area contributed by atoms with E-state index in [4.69, 9.17) is 11.6 Å². The Bertz CT molecular complexity index is 898. The fourth-order valence-corrected chi connectivity index (χ4v) is 4.17. The van der Waals surface area contributed by atoms with Gasteiger partial charge in [0.2, 0.25) is 0 Å². The van der Waals surface area contributed by atoms with Crippen molar-refractivity contribution in [1.29, 1.82) is 0 Å². The van der Waals surface area contributed by atoms with E-state index in [0.29, 0.717) is 6.54 Å². The summed E-state index contributed by atoms with van der Waals surface area (Å²) >= 11 is 7.85. The van der Waals surface area contributed by atoms with Gasteiger partial charge in [0.1, 0.15) is 5.82 Å². The molecular formula is C18H19ClN2O2S. The Labute approximate surface area is 149 Å². The molecule has 0 saturated carbocycles. The highest BCUT2D eigenvalue weighted by Crippen LogP contribution is 2.29. The van der Waals surface area contributed by atoms with Crippen molar-refractivity contribution in [3.63, 3.8) is 0 Å². The van der Waals surface area contributed by atoms with Crippen molar-refractivity contribution in [3.8, 4) is 0 Å². The van der Waals surface area contributed by atoms with Crippen LogP contribution >= 0.6 is 22.9 Å². The second kappa shape index (κ2) is 6.95. The number of aromatic nitrogens is 2. The maximum Gasteiger partial charge on any atom is 0.355 e. The van der Waals surface area contributed by atoms with Gasteiger partial charge < -0.3 is 9.67 Å². The maximum absolute atomic E-state index is 11.6. The lowest BCUT2D eigenvalue weighted by Crippen LogP contribution is -2.13. The Morgan fingerprint density at radius 3 is 2.92 bits per heavy atom. The number of hydrogen-bond acceptors (Lipinski definition) is 3. The number of rotatable bonds is 6. The van der Waals surface area contributed by atoms with Gasteiger partial charge >= 0.3 is 5.97 Å². The van der Waals surface area contributed by atoms with Crippen LogP contribution in [0.15, 0.2) is 24.3 Å². The molecule has 0 aliphatic carbocycles. The molecule has 24 heavy (non-hydrogen) atoms. The Kier molecular flexibility index (Phi) is 4.92. The van der Waals surface area contributed by atoms with Crippen molar-refractivity contribution in [2.45, 2.75) is 39.7 Å². The second-order valence-electron chi connectivity index (χ2n) is 5.85. The van der Waals surface area contributed by atoms with Gasteiger partial charge in [0, 0.05) is 16.0 Å². The SMILES string of the molecule is CCCCc1nc(Cl)c(C(=O)O)n1Cc1cccc2sc(C)cc12. The summed E-state index contributed by atoms with van der Waals surface area (Å²) in [5.74, 6) is -0.299. The zero-order chi connectivity index (χ0) is 17.3. The van der Waals surface area contributed by atoms with E-state index in [-0.39, 0.29) is 10.8 Å². The third kappa shape index (κ3) is 3.19. The molecule has 0 saturated heterocycles. The van der Waals surface area contributed by atoms with E-state index in [0.717, 1.165) is 30.7 Å². The zero-order valence-electron chi connectivity index (χ0n) is 13.7. The third-order valence-electron chi connectivity index (χ3n) is 4.06. The van der Waals surface area contributed by atoms with Crippen molar-refractivity contribution < 1.29 is 9.90 Å². The molecule has 3 rings (SSSR count). The summed E-state index contributed by atoms with van der Waals surface area (Å²) in [6.45, 7) is 4.65. The van der Waals surface area contributed by atoms with Crippen molar-refractivity contribution >= 4 is 39.0 Å². The monoisotopic (exact) mass is 362 g/mol. The Balaban J connectivity index is 2.08. The Morgan fingerprint density at radius 1 is 1.42 bits per heavy atom. The van der Waals surface area contributed by atoms with Crippen LogP contribution in [0.25, 0.3) is 10.1 Å². The number of thiophene rings is 1. The lowest BCUT2D eigenvalue weighted by Gasteiger charge is -2.11. The molecule has 126 valence electrons. The van der Waals surface area contributed by atoms with Crippen LogP contribution < -0.4 is 0 Å². The zero-order valence-corrected chi connectivity index (χ0v) is 15.2. The molecule has 3 aromatic rings. The molecule has 0 fully saturated rings. The molecule has 0 bridgehead atoms. The third-order valence-corrected chi connectivity index (χ3v) is 5.34. The summed E-state index contributed by atoms with van der Waals surface area (Å²) < 4.78 is 2.96. The minimum atomic E-state index is -1.04. The number of aromatic carboxylic acids is 1. The first kappa shape index (κ1) is 17.0. The summed E-state index contributed by atoms with van der Waals surface area (Å²) in [5.41, 5.74) is 1.16. The molecule has 0 spiro atoms. The molecule has 0 aliphatic heterocycles. The van der Waals surface area contributed by atoms with E-state index in [1.807, 2.05) is 12.1 Å². The smallest absolute Gasteiger partial charge is 0.355 e. The van der Waals surface area contributed by atoms with Gasteiger partial charge in [-0.1, -0.05) is 37.1 Å². The van der Waals surface area contributed by atoms with Crippen molar-refractivity contribution in [3.05, 3.63) is 51.4 Å². The summed E-state index contributed by atoms with van der Waals surface area (Å²) in [6, 6.07) is 8.30. The number of halogens is 1. The number of carboxylic acid groups (broad SMARTS) is 1. The van der Waals surface area contributed by atoms with Crippen LogP contribution in [0.3, 0.4) is 0 Å². The average Bonchev–Trinajstić information content (AvgIpc) is 3.05. The van der Waals surface area contributed by atoms with E-state index >= 15 is 0 Å². The van der Waals surface area contributed by atoms with Gasteiger partial charge in [-0.05, 0) is 36.4 Å². The lowest BCUT2D eigenvalue weighted by atomic mass is 10.1. The number of carbonyl (C=O) groups is 1. The minimum absolute atomic E-state index is 0.0716. The molecule has 1 aromatic carbocycles. The Hall–Kier alpha value is -1.85. The first-order valence-electron chi connectivity index (χ1n) is 7.97. The van der Waals surface area contributed by atoms with Gasteiger partial charge in [-0.3, -0.25) is 0 Å². The van der Waals surface area contributed by atoms with Gasteiger partial charge in [-0.15, -0.1) is 11.3 Å². The van der Waals surface area contributed by atoms with Gasteiger partial charge in [-0.25, -0.2) is 9.78 Å². The van der Waals surface area contributed by atoms with E-state index < -0.39 is 5.97 Å². The van der Waals surface area contributed by atoms with E-state index in [9.17, 15) is 9.90 Å². The highest BCUT2D eigenvalue weighted by molar-refractivity contribution is 7.19. The van der Waals surface area contributed by atoms with Crippen LogP contribution in [0.5, 0.6) is 0 Å². The number of fused-ring (bicyclic) bond motifs is 1. The van der Waals surface area contributed by atoms with E-state index in [2.05, 4.69) is 31.0 Å². The van der Waals surface area contributed by atoms with Crippen LogP contribution in [0, 0.1) is 6.92 Å². The number of carboxylic acids is 1. The first-order chi connectivity index (χ1) is 11.5. The highest BCUT2D eigenvalue weighted by atomic mass is 35.5. The molecule has 1 N–H and O–H groups in total. The first-order valence-corrected chi connectivity index (χ1v) is 9.17. The largest absolute Gasteiger partial charge is 0.476 e. The molecule has 0 aliphatic rings. The quantitative estimate of drug-likeness (QED) is 0.659. The van der Waals surface area contributed by atoms with Gasteiger partial charge in [0.05, 0.1) is 6.54 Å². The summed E-state index contributed by atoms with van der Waals surface area (Å²) in [7, 11) is 0. The number of imidazole rings is 1. The molecule has 2 aromatic heterocycles. The average molecular weight is 363 g/mol. The molecule has 0 radical (unpaired) electrons. The van der Waals surface area contributed by atoms with Crippen molar-refractivity contribution in [2.24, 2.45) is 0 Å². The van der Waals surface area contributed by atoms with Gasteiger partial charge in [0.25, 0.3) is 0 Å². The second-order valence-corrected chi connectivity index (χ2v) is 7.49. The van der Waals surface area contributed by atoms with Crippen molar-refractivity contribution in [1.82, 2.24) is 9.55 Å². The van der Waals surface area contributed by atoms with Crippen LogP contribution in [0.1, 0.15) is 46.5 Å². The molecular weight excluding hydrogens is 344 g/mol. The topological polar surface area (TPSA) is 55.1 Å². The lowest BCUT2D eigenvalue weighted by molar-refractivity contribution is 0.0685. The predicted molar refractivity (Wildman–Crippen MR) is 98.5 cm³/mol. The van der Waals surface area contributed by atoms with Crippen LogP contribution in [-0.4, -0.2) is 20.6 Å². The predicted octanol–water partition coefficient (Wildman–Crippen LogP) is 5.15. The van der Waals surface area contributed by atoms with Crippen LogP contribution in [0.2, 0.25) is 5.15 Å². The molecule has 6 heteroatoms. The number of aryl methyl sites for hydroxylation is 2. The molecule has 0 amide bonds. The molecule has 4 nitrogen and oxygen atoms in total. The number of nitrogens with zero attached hydrogens (tertiary/aromatic N) is 2. The number of benzene rings is 1. The van der Waals surface area contributed by atoms with Crippen molar-refractivity contribution in [2.75, 3.05) is 0 Å². The highest BCUT2D eigenvalue weighted by Gasteiger charge is 2.22. The fraction of sp³-hybridized carbons (Fsp3) is 0.333. The van der Waals surface area contributed by atoms with E-state index in [1.54, 1.807) is 15.9 Å². The van der Waals surface area contributed by atoms with Crippen LogP contribution in [0.4, 0.5) is 0 Å². The minimum Gasteiger partial charge on any atom is -0.476 e. The Morgan fingerprint density at radius 2 is 2.21 bits per heavy atom. The maximum atomic E-state index is 11.6. The fourth-order valence-electron chi connectivity index (χ4n) is 2.92. The molecule has 2 heterocycles.